The minimum Gasteiger partial charge on any atom is -0.339 e. The van der Waals surface area contributed by atoms with Crippen molar-refractivity contribution in [2.75, 3.05) is 18.4 Å². The fourth-order valence-electron chi connectivity index (χ4n) is 4.28. The maximum Gasteiger partial charge on any atom is 0.257 e. The average Bonchev–Trinajstić information content (AvgIpc) is 3.04. The van der Waals surface area contributed by atoms with Gasteiger partial charge >= 0.3 is 0 Å². The monoisotopic (exact) mass is 396 g/mol. The minimum atomic E-state index is -0.136. The number of fused-ring (bicyclic) bond motifs is 1. The molecule has 0 unspecified atom stereocenters. The van der Waals surface area contributed by atoms with Crippen LogP contribution in [0.5, 0.6) is 0 Å². The Labute approximate surface area is 170 Å². The fourth-order valence-corrected chi connectivity index (χ4v) is 5.68. The number of carbonyl (C=O) groups excluding carboxylic acids is 2. The summed E-state index contributed by atoms with van der Waals surface area (Å²) in [7, 11) is 0. The molecule has 2 aliphatic rings. The van der Waals surface area contributed by atoms with Crippen molar-refractivity contribution in [3.63, 3.8) is 0 Å². The van der Waals surface area contributed by atoms with Crippen LogP contribution in [0, 0.1) is 12.8 Å². The van der Waals surface area contributed by atoms with E-state index in [0.29, 0.717) is 11.5 Å². The zero-order chi connectivity index (χ0) is 19.7. The molecule has 1 fully saturated rings. The van der Waals surface area contributed by atoms with Crippen LogP contribution in [0.25, 0.3) is 0 Å². The molecule has 1 aliphatic heterocycles. The molecular formula is C23H28N2O2S. The lowest BCUT2D eigenvalue weighted by atomic mass is 9.88. The van der Waals surface area contributed by atoms with E-state index in [9.17, 15) is 9.59 Å². The van der Waals surface area contributed by atoms with E-state index in [0.717, 1.165) is 61.3 Å². The molecule has 1 saturated heterocycles. The van der Waals surface area contributed by atoms with Crippen molar-refractivity contribution in [1.82, 2.24) is 4.90 Å². The molecule has 1 atom stereocenters. The summed E-state index contributed by atoms with van der Waals surface area (Å²) < 4.78 is 0. The lowest BCUT2D eigenvalue weighted by Crippen LogP contribution is -2.36. The molecule has 0 radical (unpaired) electrons. The maximum absolute atomic E-state index is 13.4. The summed E-state index contributed by atoms with van der Waals surface area (Å²) in [6.07, 6.45) is 6.37. The van der Waals surface area contributed by atoms with E-state index in [1.54, 1.807) is 11.3 Å². The second kappa shape index (κ2) is 8.08. The van der Waals surface area contributed by atoms with Crippen LogP contribution in [0.4, 0.5) is 5.00 Å². The Morgan fingerprint density at radius 3 is 2.71 bits per heavy atom. The van der Waals surface area contributed by atoms with Gasteiger partial charge in [0.05, 0.1) is 5.56 Å². The molecule has 4 nitrogen and oxygen atoms in total. The van der Waals surface area contributed by atoms with Gasteiger partial charge in [0.25, 0.3) is 11.8 Å². The highest BCUT2D eigenvalue weighted by atomic mass is 32.1. The molecule has 5 heteroatoms. The highest BCUT2D eigenvalue weighted by Gasteiger charge is 2.31. The van der Waals surface area contributed by atoms with E-state index in [1.807, 2.05) is 36.1 Å². The lowest BCUT2D eigenvalue weighted by molar-refractivity contribution is 0.0724. The number of nitrogens with zero attached hydrogens (tertiary/aromatic N) is 1. The van der Waals surface area contributed by atoms with Crippen LogP contribution in [0.2, 0.25) is 0 Å². The van der Waals surface area contributed by atoms with Gasteiger partial charge in [-0.15, -0.1) is 11.3 Å². The van der Waals surface area contributed by atoms with Crippen molar-refractivity contribution in [2.24, 2.45) is 5.92 Å². The highest BCUT2D eigenvalue weighted by Crippen LogP contribution is 2.40. The summed E-state index contributed by atoms with van der Waals surface area (Å²) >= 11 is 1.61. The summed E-state index contributed by atoms with van der Waals surface area (Å²) in [6.45, 7) is 5.89. The van der Waals surface area contributed by atoms with Gasteiger partial charge in [-0.05, 0) is 69.1 Å². The number of hydrogen-bond acceptors (Lipinski definition) is 3. The standard InChI is InChI=1S/C23H28N2O2S/c1-15-7-6-8-17(13-15)21(26)24-22-20(23(27)25-11-4-3-5-12-25)18-10-9-16(2)14-19(18)28-22/h6-8,13,16H,3-5,9-12,14H2,1-2H3,(H,24,26)/t16-/m1/s1. The molecule has 2 aromatic rings. The quantitative estimate of drug-likeness (QED) is 0.788. The van der Waals surface area contributed by atoms with Gasteiger partial charge in [-0.3, -0.25) is 9.59 Å². The zero-order valence-corrected chi connectivity index (χ0v) is 17.5. The maximum atomic E-state index is 13.4. The molecule has 0 spiro atoms. The van der Waals surface area contributed by atoms with Crippen LogP contribution in [0.15, 0.2) is 24.3 Å². The second-order valence-electron chi connectivity index (χ2n) is 8.23. The molecule has 1 aromatic heterocycles. The molecule has 2 amide bonds. The minimum absolute atomic E-state index is 0.103. The Balaban J connectivity index is 1.67. The molecule has 4 rings (SSSR count). The predicted octanol–water partition coefficient (Wildman–Crippen LogP) is 5.06. The number of rotatable bonds is 3. The molecule has 1 aliphatic carbocycles. The van der Waals surface area contributed by atoms with Gasteiger partial charge in [-0.25, -0.2) is 0 Å². The first-order valence-corrected chi connectivity index (χ1v) is 11.2. The molecule has 2 heterocycles. The smallest absolute Gasteiger partial charge is 0.257 e. The van der Waals surface area contributed by atoms with Crippen LogP contribution in [-0.4, -0.2) is 29.8 Å². The Hall–Kier alpha value is -2.14. The van der Waals surface area contributed by atoms with Crippen molar-refractivity contribution in [2.45, 2.75) is 52.4 Å². The SMILES string of the molecule is Cc1cccc(C(=O)Nc2sc3c(c2C(=O)N2CCCCC2)CC[C@@H](C)C3)c1. The van der Waals surface area contributed by atoms with E-state index in [2.05, 4.69) is 12.2 Å². The van der Waals surface area contributed by atoms with Gasteiger partial charge in [-0.1, -0.05) is 24.6 Å². The summed E-state index contributed by atoms with van der Waals surface area (Å²) in [4.78, 5) is 29.5. The van der Waals surface area contributed by atoms with Crippen molar-refractivity contribution >= 4 is 28.2 Å². The topological polar surface area (TPSA) is 49.4 Å². The van der Waals surface area contributed by atoms with Crippen LogP contribution in [0.3, 0.4) is 0 Å². The number of carbonyl (C=O) groups is 2. The summed E-state index contributed by atoms with van der Waals surface area (Å²) in [5.41, 5.74) is 3.63. The molecule has 0 bridgehead atoms. The Kier molecular flexibility index (Phi) is 5.54. The van der Waals surface area contributed by atoms with Crippen molar-refractivity contribution in [1.29, 1.82) is 0 Å². The third-order valence-electron chi connectivity index (χ3n) is 5.88. The summed E-state index contributed by atoms with van der Waals surface area (Å²) in [6, 6.07) is 7.58. The second-order valence-corrected chi connectivity index (χ2v) is 9.34. The number of piperidine rings is 1. The predicted molar refractivity (Wildman–Crippen MR) is 114 cm³/mol. The third kappa shape index (κ3) is 3.86. The van der Waals surface area contributed by atoms with Gasteiger partial charge in [0.2, 0.25) is 0 Å². The fraction of sp³-hybridized carbons (Fsp3) is 0.478. The number of thiophene rings is 1. The van der Waals surface area contributed by atoms with Crippen LogP contribution in [0.1, 0.15) is 69.3 Å². The van der Waals surface area contributed by atoms with Gasteiger partial charge < -0.3 is 10.2 Å². The van der Waals surface area contributed by atoms with Gasteiger partial charge in [0.1, 0.15) is 5.00 Å². The van der Waals surface area contributed by atoms with Crippen LogP contribution >= 0.6 is 11.3 Å². The van der Waals surface area contributed by atoms with E-state index in [-0.39, 0.29) is 11.8 Å². The number of likely N-dealkylation sites (tertiary alicyclic amines) is 1. The highest BCUT2D eigenvalue weighted by molar-refractivity contribution is 7.17. The van der Waals surface area contributed by atoms with Gasteiger partial charge in [0, 0.05) is 23.5 Å². The molecule has 148 valence electrons. The Morgan fingerprint density at radius 2 is 1.96 bits per heavy atom. The first kappa shape index (κ1) is 19.2. The average molecular weight is 397 g/mol. The molecule has 0 saturated carbocycles. The van der Waals surface area contributed by atoms with E-state index >= 15 is 0 Å². The number of nitrogens with one attached hydrogen (secondary N) is 1. The molecule has 1 aromatic carbocycles. The first-order chi connectivity index (χ1) is 13.5. The van der Waals surface area contributed by atoms with Crippen molar-refractivity contribution in [3.8, 4) is 0 Å². The normalized spacial score (nSPS) is 19.2. The number of hydrogen-bond donors (Lipinski definition) is 1. The largest absolute Gasteiger partial charge is 0.339 e. The first-order valence-electron chi connectivity index (χ1n) is 10.3. The molecule has 1 N–H and O–H groups in total. The Morgan fingerprint density at radius 1 is 1.18 bits per heavy atom. The number of anilines is 1. The number of benzene rings is 1. The lowest BCUT2D eigenvalue weighted by Gasteiger charge is -2.28. The number of amides is 2. The van der Waals surface area contributed by atoms with E-state index in [1.165, 1.54) is 16.9 Å². The van der Waals surface area contributed by atoms with Gasteiger partial charge in [-0.2, -0.15) is 0 Å². The van der Waals surface area contributed by atoms with Gasteiger partial charge in [0.15, 0.2) is 0 Å². The summed E-state index contributed by atoms with van der Waals surface area (Å²) in [5.74, 6) is 0.596. The Bertz CT molecular complexity index is 896. The zero-order valence-electron chi connectivity index (χ0n) is 16.7. The van der Waals surface area contributed by atoms with Crippen molar-refractivity contribution in [3.05, 3.63) is 51.4 Å². The molecule has 28 heavy (non-hydrogen) atoms. The van der Waals surface area contributed by atoms with Crippen LogP contribution < -0.4 is 5.32 Å². The van der Waals surface area contributed by atoms with Crippen LogP contribution in [-0.2, 0) is 12.8 Å². The molecular weight excluding hydrogens is 368 g/mol. The third-order valence-corrected chi connectivity index (χ3v) is 7.05. The van der Waals surface area contributed by atoms with Crippen molar-refractivity contribution < 1.29 is 9.59 Å². The van der Waals surface area contributed by atoms with E-state index in [4.69, 9.17) is 0 Å². The number of aryl methyl sites for hydroxylation is 1. The summed E-state index contributed by atoms with van der Waals surface area (Å²) in [5, 5.41) is 3.82. The van der Waals surface area contributed by atoms with E-state index < -0.39 is 0 Å².